The Labute approximate surface area is 74.6 Å². The minimum Gasteiger partial charge on any atom is -0.443 e. The second-order valence-electron chi connectivity index (χ2n) is 3.11. The molecule has 0 aliphatic rings. The molecule has 0 unspecified atom stereocenters. The van der Waals surface area contributed by atoms with Crippen LogP contribution in [0.4, 0.5) is 0 Å². The molecular weight excluding hydrogens is 168 g/mol. The van der Waals surface area contributed by atoms with Gasteiger partial charge in [-0.15, -0.1) is 0 Å². The van der Waals surface area contributed by atoms with E-state index in [2.05, 4.69) is 9.97 Å². The Morgan fingerprint density at radius 1 is 1.31 bits per heavy atom. The second-order valence-corrected chi connectivity index (χ2v) is 3.11. The Morgan fingerprint density at radius 2 is 2.00 bits per heavy atom. The van der Waals surface area contributed by atoms with Crippen molar-refractivity contribution in [1.82, 2.24) is 9.97 Å². The van der Waals surface area contributed by atoms with Crippen molar-refractivity contribution in [1.29, 1.82) is 0 Å². The smallest absolute Gasteiger partial charge is 0.262 e. The highest BCUT2D eigenvalue weighted by atomic mass is 16.3. The molecule has 2 rings (SSSR count). The quantitative estimate of drug-likeness (QED) is 0.664. The average Bonchev–Trinajstić information content (AvgIpc) is 2.27. The summed E-state index contributed by atoms with van der Waals surface area (Å²) in [6.07, 6.45) is 0. The maximum Gasteiger partial charge on any atom is 0.262 e. The highest BCUT2D eigenvalue weighted by Gasteiger charge is 2.11. The summed E-state index contributed by atoms with van der Waals surface area (Å²) in [6.45, 7) is 5.41. The lowest BCUT2D eigenvalue weighted by Crippen LogP contribution is -2.08. The Morgan fingerprint density at radius 3 is 2.69 bits per heavy atom. The number of aromatic amines is 1. The molecule has 0 bridgehead atoms. The Hall–Kier alpha value is -1.58. The summed E-state index contributed by atoms with van der Waals surface area (Å²) in [5, 5.41) is 0.558. The van der Waals surface area contributed by atoms with Gasteiger partial charge >= 0.3 is 0 Å². The van der Waals surface area contributed by atoms with Gasteiger partial charge in [0.15, 0.2) is 0 Å². The molecule has 0 fully saturated rings. The summed E-state index contributed by atoms with van der Waals surface area (Å²) in [5.74, 6) is 1.32. The molecule has 4 nitrogen and oxygen atoms in total. The SMILES string of the molecule is Cc1nc2oc(C)c(C)c2c(=O)[nH]1. The van der Waals surface area contributed by atoms with E-state index in [1.807, 2.05) is 13.8 Å². The first-order valence-corrected chi connectivity index (χ1v) is 4.06. The standard InChI is InChI=1S/C9H10N2O2/c1-4-5(2)13-9-7(4)8(12)10-6(3)11-9/h1-3H3,(H,10,11,12). The molecule has 0 saturated heterocycles. The van der Waals surface area contributed by atoms with Crippen molar-refractivity contribution in [3.8, 4) is 0 Å². The van der Waals surface area contributed by atoms with E-state index in [1.165, 1.54) is 0 Å². The Kier molecular flexibility index (Phi) is 1.52. The van der Waals surface area contributed by atoms with E-state index in [0.717, 1.165) is 11.3 Å². The molecule has 0 spiro atoms. The van der Waals surface area contributed by atoms with E-state index in [-0.39, 0.29) is 5.56 Å². The fourth-order valence-electron chi connectivity index (χ4n) is 1.36. The van der Waals surface area contributed by atoms with Gasteiger partial charge in [0.1, 0.15) is 17.0 Å². The lowest BCUT2D eigenvalue weighted by molar-refractivity contribution is 0.562. The van der Waals surface area contributed by atoms with Gasteiger partial charge in [0.2, 0.25) is 5.71 Å². The first-order chi connectivity index (χ1) is 6.09. The van der Waals surface area contributed by atoms with Crippen molar-refractivity contribution >= 4 is 11.1 Å². The predicted octanol–water partition coefficient (Wildman–Crippen LogP) is 1.44. The first-order valence-electron chi connectivity index (χ1n) is 4.06. The molecule has 0 aromatic carbocycles. The fourth-order valence-corrected chi connectivity index (χ4v) is 1.36. The van der Waals surface area contributed by atoms with E-state index in [0.29, 0.717) is 16.9 Å². The second kappa shape index (κ2) is 2.45. The van der Waals surface area contributed by atoms with Crippen LogP contribution in [0.5, 0.6) is 0 Å². The molecule has 2 aromatic heterocycles. The third-order valence-electron chi connectivity index (χ3n) is 2.16. The van der Waals surface area contributed by atoms with Crippen molar-refractivity contribution in [2.75, 3.05) is 0 Å². The fraction of sp³-hybridized carbons (Fsp3) is 0.333. The lowest BCUT2D eigenvalue weighted by Gasteiger charge is -1.90. The van der Waals surface area contributed by atoms with Crippen LogP contribution in [-0.4, -0.2) is 9.97 Å². The minimum atomic E-state index is -0.128. The molecule has 0 saturated carbocycles. The number of nitrogens with zero attached hydrogens (tertiary/aromatic N) is 1. The van der Waals surface area contributed by atoms with E-state index in [9.17, 15) is 4.79 Å². The van der Waals surface area contributed by atoms with Gasteiger partial charge in [-0.05, 0) is 20.8 Å². The number of nitrogens with one attached hydrogen (secondary N) is 1. The van der Waals surface area contributed by atoms with Crippen LogP contribution >= 0.6 is 0 Å². The zero-order valence-corrected chi connectivity index (χ0v) is 7.76. The van der Waals surface area contributed by atoms with Crippen LogP contribution in [0.2, 0.25) is 0 Å². The number of hydrogen-bond donors (Lipinski definition) is 1. The van der Waals surface area contributed by atoms with Crippen LogP contribution in [-0.2, 0) is 0 Å². The third kappa shape index (κ3) is 1.06. The van der Waals surface area contributed by atoms with E-state index in [1.54, 1.807) is 6.92 Å². The van der Waals surface area contributed by atoms with E-state index in [4.69, 9.17) is 4.42 Å². The van der Waals surface area contributed by atoms with Gasteiger partial charge in [-0.3, -0.25) is 4.79 Å². The Balaban J connectivity index is 3.03. The van der Waals surface area contributed by atoms with Crippen LogP contribution < -0.4 is 5.56 Å². The molecule has 1 N–H and O–H groups in total. The van der Waals surface area contributed by atoms with Gasteiger partial charge in [0, 0.05) is 5.56 Å². The van der Waals surface area contributed by atoms with E-state index >= 15 is 0 Å². The van der Waals surface area contributed by atoms with Crippen molar-refractivity contribution in [2.45, 2.75) is 20.8 Å². The molecule has 0 aliphatic heterocycles. The summed E-state index contributed by atoms with van der Waals surface area (Å²) in [6, 6.07) is 0. The zero-order valence-electron chi connectivity index (χ0n) is 7.76. The molecule has 0 amide bonds. The number of aromatic nitrogens is 2. The third-order valence-corrected chi connectivity index (χ3v) is 2.16. The maximum atomic E-state index is 11.5. The highest BCUT2D eigenvalue weighted by molar-refractivity contribution is 5.77. The zero-order chi connectivity index (χ0) is 9.59. The van der Waals surface area contributed by atoms with Gasteiger partial charge in [-0.1, -0.05) is 0 Å². The van der Waals surface area contributed by atoms with Crippen LogP contribution in [0, 0.1) is 20.8 Å². The number of furan rings is 1. The number of hydrogen-bond acceptors (Lipinski definition) is 3. The number of fused-ring (bicyclic) bond motifs is 1. The van der Waals surface area contributed by atoms with Crippen molar-refractivity contribution in [3.05, 3.63) is 27.5 Å². The molecule has 4 heteroatoms. The van der Waals surface area contributed by atoms with E-state index < -0.39 is 0 Å². The van der Waals surface area contributed by atoms with Crippen molar-refractivity contribution < 1.29 is 4.42 Å². The average molecular weight is 178 g/mol. The molecule has 2 aromatic rings. The molecular formula is C9H10N2O2. The number of aryl methyl sites for hydroxylation is 3. The van der Waals surface area contributed by atoms with Crippen LogP contribution in [0.3, 0.4) is 0 Å². The predicted molar refractivity (Wildman–Crippen MR) is 48.8 cm³/mol. The minimum absolute atomic E-state index is 0.128. The van der Waals surface area contributed by atoms with Gasteiger partial charge in [-0.25, -0.2) is 0 Å². The molecule has 0 atom stereocenters. The number of rotatable bonds is 0. The summed E-state index contributed by atoms with van der Waals surface area (Å²) in [7, 11) is 0. The van der Waals surface area contributed by atoms with Crippen molar-refractivity contribution in [3.63, 3.8) is 0 Å². The van der Waals surface area contributed by atoms with Gasteiger partial charge < -0.3 is 9.40 Å². The molecule has 13 heavy (non-hydrogen) atoms. The topological polar surface area (TPSA) is 58.9 Å². The Bertz CT molecular complexity index is 522. The molecule has 0 radical (unpaired) electrons. The summed E-state index contributed by atoms with van der Waals surface area (Å²) < 4.78 is 5.33. The monoisotopic (exact) mass is 178 g/mol. The summed E-state index contributed by atoms with van der Waals surface area (Å²) in [5.41, 5.74) is 1.16. The van der Waals surface area contributed by atoms with Crippen LogP contribution in [0.25, 0.3) is 11.1 Å². The van der Waals surface area contributed by atoms with Gasteiger partial charge in [0.25, 0.3) is 5.56 Å². The lowest BCUT2D eigenvalue weighted by atomic mass is 10.2. The number of H-pyrrole nitrogens is 1. The summed E-state index contributed by atoms with van der Waals surface area (Å²) >= 11 is 0. The summed E-state index contributed by atoms with van der Waals surface area (Å²) in [4.78, 5) is 18.2. The highest BCUT2D eigenvalue weighted by Crippen LogP contribution is 2.18. The van der Waals surface area contributed by atoms with Crippen LogP contribution in [0.15, 0.2) is 9.21 Å². The molecule has 0 aliphatic carbocycles. The first kappa shape index (κ1) is 8.04. The van der Waals surface area contributed by atoms with Crippen molar-refractivity contribution in [2.24, 2.45) is 0 Å². The van der Waals surface area contributed by atoms with Gasteiger partial charge in [0.05, 0.1) is 0 Å². The molecule has 68 valence electrons. The van der Waals surface area contributed by atoms with Gasteiger partial charge in [-0.2, -0.15) is 4.98 Å². The maximum absolute atomic E-state index is 11.5. The molecule has 2 heterocycles. The van der Waals surface area contributed by atoms with Crippen LogP contribution in [0.1, 0.15) is 17.1 Å². The normalized spacial score (nSPS) is 11.0. The largest absolute Gasteiger partial charge is 0.443 e.